The summed E-state index contributed by atoms with van der Waals surface area (Å²) < 4.78 is 0. The first-order valence-electron chi connectivity index (χ1n) is 8.03. The van der Waals surface area contributed by atoms with Crippen LogP contribution in [0.3, 0.4) is 0 Å². The third kappa shape index (κ3) is 2.95. The van der Waals surface area contributed by atoms with Gasteiger partial charge in [-0.1, -0.05) is 42.5 Å². The molecule has 6 nitrogen and oxygen atoms in total. The number of rotatable bonds is 4. The number of nitro groups is 1. The van der Waals surface area contributed by atoms with E-state index in [4.69, 9.17) is 0 Å². The van der Waals surface area contributed by atoms with Crippen LogP contribution in [0, 0.1) is 10.1 Å². The molecule has 0 saturated heterocycles. The Labute approximate surface area is 149 Å². The van der Waals surface area contributed by atoms with E-state index < -0.39 is 4.92 Å². The molecule has 0 bridgehead atoms. The molecule has 0 atom stereocenters. The van der Waals surface area contributed by atoms with Crippen molar-refractivity contribution in [3.63, 3.8) is 0 Å². The van der Waals surface area contributed by atoms with Crippen molar-refractivity contribution < 1.29 is 4.92 Å². The van der Waals surface area contributed by atoms with Gasteiger partial charge in [-0.3, -0.25) is 15.5 Å². The van der Waals surface area contributed by atoms with Gasteiger partial charge in [0.25, 0.3) is 5.69 Å². The van der Waals surface area contributed by atoms with E-state index in [1.165, 1.54) is 12.1 Å². The maximum atomic E-state index is 10.7. The normalized spacial score (nSPS) is 11.2. The van der Waals surface area contributed by atoms with Gasteiger partial charge in [0.2, 0.25) is 0 Å². The summed E-state index contributed by atoms with van der Waals surface area (Å²) in [6.45, 7) is 0. The highest BCUT2D eigenvalue weighted by molar-refractivity contribution is 6.10. The number of aromatic nitrogens is 1. The van der Waals surface area contributed by atoms with Gasteiger partial charge in [0.1, 0.15) is 0 Å². The summed E-state index contributed by atoms with van der Waals surface area (Å²) >= 11 is 0. The van der Waals surface area contributed by atoms with Crippen LogP contribution in [0.4, 0.5) is 11.5 Å². The SMILES string of the molecule is O=[N+]([O-])c1ccc(/C=N/Nc2nc3ccccc3c3ccccc23)cc1. The predicted molar refractivity (Wildman–Crippen MR) is 104 cm³/mol. The van der Waals surface area contributed by atoms with Gasteiger partial charge in [0.05, 0.1) is 16.7 Å². The van der Waals surface area contributed by atoms with E-state index in [0.717, 1.165) is 27.2 Å². The summed E-state index contributed by atoms with van der Waals surface area (Å²) in [5.74, 6) is 0.664. The molecule has 0 aliphatic heterocycles. The fourth-order valence-electron chi connectivity index (χ4n) is 2.84. The second-order valence-corrected chi connectivity index (χ2v) is 5.74. The molecule has 0 saturated carbocycles. The average molecular weight is 342 g/mol. The molecule has 0 unspecified atom stereocenters. The number of para-hydroxylation sites is 1. The van der Waals surface area contributed by atoms with Crippen LogP contribution in [0.2, 0.25) is 0 Å². The van der Waals surface area contributed by atoms with Gasteiger partial charge in [0.15, 0.2) is 5.82 Å². The van der Waals surface area contributed by atoms with Crippen molar-refractivity contribution >= 4 is 39.4 Å². The fraction of sp³-hybridized carbons (Fsp3) is 0. The van der Waals surface area contributed by atoms with E-state index in [-0.39, 0.29) is 5.69 Å². The highest BCUT2D eigenvalue weighted by Crippen LogP contribution is 2.28. The van der Waals surface area contributed by atoms with Crippen LogP contribution < -0.4 is 5.43 Å². The molecule has 1 N–H and O–H groups in total. The quantitative estimate of drug-likeness (QED) is 0.251. The highest BCUT2D eigenvalue weighted by Gasteiger charge is 2.07. The molecule has 0 aliphatic rings. The molecule has 26 heavy (non-hydrogen) atoms. The Kier molecular flexibility index (Phi) is 3.99. The molecule has 4 rings (SSSR count). The van der Waals surface area contributed by atoms with Crippen LogP contribution in [0.1, 0.15) is 5.56 Å². The maximum absolute atomic E-state index is 10.7. The summed E-state index contributed by atoms with van der Waals surface area (Å²) in [5.41, 5.74) is 4.69. The number of nitrogens with one attached hydrogen (secondary N) is 1. The van der Waals surface area contributed by atoms with Crippen molar-refractivity contribution in [3.8, 4) is 0 Å². The van der Waals surface area contributed by atoms with Crippen molar-refractivity contribution in [2.45, 2.75) is 0 Å². The molecule has 0 radical (unpaired) electrons. The summed E-state index contributed by atoms with van der Waals surface area (Å²) in [4.78, 5) is 14.9. The third-order valence-electron chi connectivity index (χ3n) is 4.10. The van der Waals surface area contributed by atoms with Crippen LogP contribution in [-0.4, -0.2) is 16.1 Å². The van der Waals surface area contributed by atoms with E-state index in [2.05, 4.69) is 27.6 Å². The predicted octanol–water partition coefficient (Wildman–Crippen LogP) is 4.74. The summed E-state index contributed by atoms with van der Waals surface area (Å²) in [6.07, 6.45) is 1.61. The summed E-state index contributed by atoms with van der Waals surface area (Å²) in [6, 6.07) is 22.2. The molecular formula is C20H14N4O2. The number of non-ortho nitro benzene ring substituents is 1. The summed E-state index contributed by atoms with van der Waals surface area (Å²) in [7, 11) is 0. The minimum atomic E-state index is -0.426. The number of hydrogen-bond donors (Lipinski definition) is 1. The number of pyridine rings is 1. The number of benzene rings is 3. The Bertz CT molecular complexity index is 1140. The molecule has 4 aromatic rings. The lowest BCUT2D eigenvalue weighted by molar-refractivity contribution is -0.384. The number of hydrazone groups is 1. The van der Waals surface area contributed by atoms with E-state index in [0.29, 0.717) is 5.82 Å². The van der Waals surface area contributed by atoms with Crippen LogP contribution in [0.25, 0.3) is 21.7 Å². The zero-order chi connectivity index (χ0) is 17.9. The second kappa shape index (κ2) is 6.60. The zero-order valence-corrected chi connectivity index (χ0v) is 13.7. The minimum absolute atomic E-state index is 0.0531. The number of nitro benzene ring substituents is 1. The first-order valence-corrected chi connectivity index (χ1v) is 8.03. The molecule has 0 amide bonds. The molecule has 3 aromatic carbocycles. The van der Waals surface area contributed by atoms with E-state index in [1.807, 2.05) is 36.4 Å². The van der Waals surface area contributed by atoms with Gasteiger partial charge in [-0.2, -0.15) is 5.10 Å². The average Bonchev–Trinajstić information content (AvgIpc) is 2.68. The smallest absolute Gasteiger partial charge is 0.261 e. The van der Waals surface area contributed by atoms with Crippen LogP contribution in [0.15, 0.2) is 77.9 Å². The van der Waals surface area contributed by atoms with Crippen LogP contribution in [0.5, 0.6) is 0 Å². The Balaban J connectivity index is 1.67. The highest BCUT2D eigenvalue weighted by atomic mass is 16.6. The topological polar surface area (TPSA) is 80.4 Å². The number of hydrogen-bond acceptors (Lipinski definition) is 5. The Hall–Kier alpha value is -3.80. The van der Waals surface area contributed by atoms with Crippen LogP contribution in [-0.2, 0) is 0 Å². The van der Waals surface area contributed by atoms with Gasteiger partial charge in [-0.05, 0) is 29.1 Å². The molecule has 126 valence electrons. The molecule has 1 heterocycles. The molecule has 6 heteroatoms. The largest absolute Gasteiger partial charge is 0.269 e. The van der Waals surface area contributed by atoms with E-state index in [1.54, 1.807) is 18.3 Å². The van der Waals surface area contributed by atoms with Crippen molar-refractivity contribution in [2.24, 2.45) is 5.10 Å². The fourth-order valence-corrected chi connectivity index (χ4v) is 2.84. The molecule has 1 aromatic heterocycles. The van der Waals surface area contributed by atoms with Gasteiger partial charge in [0, 0.05) is 22.9 Å². The molecule has 0 fully saturated rings. The van der Waals surface area contributed by atoms with Gasteiger partial charge in [-0.15, -0.1) is 0 Å². The van der Waals surface area contributed by atoms with Crippen molar-refractivity contribution in [3.05, 3.63) is 88.5 Å². The lowest BCUT2D eigenvalue weighted by Gasteiger charge is -2.08. The first-order chi connectivity index (χ1) is 12.7. The lowest BCUT2D eigenvalue weighted by atomic mass is 10.1. The first kappa shape index (κ1) is 15.7. The monoisotopic (exact) mass is 342 g/mol. The number of nitrogens with zero attached hydrogens (tertiary/aromatic N) is 3. The van der Waals surface area contributed by atoms with Crippen LogP contribution >= 0.6 is 0 Å². The third-order valence-corrected chi connectivity index (χ3v) is 4.10. The molecular weight excluding hydrogens is 328 g/mol. The van der Waals surface area contributed by atoms with Gasteiger partial charge in [-0.25, -0.2) is 4.98 Å². The lowest BCUT2D eigenvalue weighted by Crippen LogP contribution is -1.96. The standard InChI is InChI=1S/C20H14N4O2/c25-24(26)15-11-9-14(10-12-15)13-21-23-20-18-7-2-1-5-16(18)17-6-3-4-8-19(17)22-20/h1-13H,(H,22,23)/b21-13+. The van der Waals surface area contributed by atoms with Crippen molar-refractivity contribution in [2.75, 3.05) is 5.43 Å². The maximum Gasteiger partial charge on any atom is 0.269 e. The zero-order valence-electron chi connectivity index (χ0n) is 13.7. The van der Waals surface area contributed by atoms with Gasteiger partial charge >= 0.3 is 0 Å². The van der Waals surface area contributed by atoms with E-state index >= 15 is 0 Å². The van der Waals surface area contributed by atoms with E-state index in [9.17, 15) is 10.1 Å². The molecule has 0 spiro atoms. The minimum Gasteiger partial charge on any atom is -0.261 e. The second-order valence-electron chi connectivity index (χ2n) is 5.74. The van der Waals surface area contributed by atoms with Crippen molar-refractivity contribution in [1.29, 1.82) is 0 Å². The Morgan fingerprint density at radius 3 is 2.27 bits per heavy atom. The summed E-state index contributed by atoms with van der Waals surface area (Å²) in [5, 5.41) is 18.1. The number of fused-ring (bicyclic) bond motifs is 3. The molecule has 0 aliphatic carbocycles. The number of anilines is 1. The van der Waals surface area contributed by atoms with Gasteiger partial charge < -0.3 is 0 Å². The van der Waals surface area contributed by atoms with Crippen molar-refractivity contribution in [1.82, 2.24) is 4.98 Å². The Morgan fingerprint density at radius 2 is 1.54 bits per heavy atom. The Morgan fingerprint density at radius 1 is 0.885 bits per heavy atom.